The molecular weight excluding hydrogens is 676 g/mol. The average molecular weight is 749 g/mol. The van der Waals surface area contributed by atoms with Gasteiger partial charge in [-0.25, -0.2) is 0 Å². The van der Waals surface area contributed by atoms with E-state index < -0.39 is 96.0 Å². The van der Waals surface area contributed by atoms with Crippen LogP contribution in [0.4, 0.5) is 0 Å². The second-order valence-corrected chi connectivity index (χ2v) is 17.2. The molecule has 14 nitrogen and oxygen atoms in total. The lowest BCUT2D eigenvalue weighted by molar-refractivity contribution is -0.318. The second kappa shape index (κ2) is 17.8. The molecule has 3 aliphatic heterocycles. The highest BCUT2D eigenvalue weighted by Crippen LogP contribution is 2.40. The number of hydrogen-bond acceptors (Lipinski definition) is 14. The fourth-order valence-corrected chi connectivity index (χ4v) is 8.74. The van der Waals surface area contributed by atoms with Gasteiger partial charge in [-0.1, -0.05) is 20.8 Å². The van der Waals surface area contributed by atoms with Gasteiger partial charge in [0.1, 0.15) is 30.0 Å². The number of rotatable bonds is 7. The van der Waals surface area contributed by atoms with Gasteiger partial charge in [-0.2, -0.15) is 0 Å². The molecular formula is C38H72N2O12. The molecule has 5 N–H and O–H groups in total. The number of carbonyl (C=O) groups is 1. The standard InChI is InChI=1S/C38H72N2O12/c1-15-27-38(10,46)31(42)24(6)40(13)19-20(2)17-36(8,45)33(52-35-29(41)26(39(11)12)16-21(3)48-35)22(4)30(23(5)34(44)50-27)51-28-18-37(9,47-14)32(43)25(7)49-28/h20-33,35,41-43,45-46H,15-19H2,1-14H3/t20-,21?,22+,23-,24-,25?,26?,27?,28?,29?,30+,31-,32?,33+,35?,36-,37?,38-/m1/s1. The number of aliphatic hydroxyl groups is 5. The molecule has 3 saturated heterocycles. The van der Waals surface area contributed by atoms with E-state index in [1.807, 2.05) is 51.7 Å². The van der Waals surface area contributed by atoms with E-state index >= 15 is 0 Å². The zero-order chi connectivity index (χ0) is 39.7. The van der Waals surface area contributed by atoms with Crippen molar-refractivity contribution in [3.63, 3.8) is 0 Å². The average Bonchev–Trinajstić information content (AvgIpc) is 3.05. The molecule has 306 valence electrons. The summed E-state index contributed by atoms with van der Waals surface area (Å²) < 4.78 is 37.5. The SMILES string of the molecule is CCC1OC(=O)[C@H](C)[C@@H](OC2CC(C)(OC)C(O)C(C)O2)[C@H](C)[C@H](OC2OC(C)CC(N(C)C)C2O)[C@](C)(O)C[C@@H](C)CN(C)[C@H](C)[C@@H](O)[C@]1(C)O. The first-order valence-electron chi connectivity index (χ1n) is 19.1. The molecule has 0 aromatic heterocycles. The van der Waals surface area contributed by atoms with E-state index in [0.29, 0.717) is 13.0 Å². The van der Waals surface area contributed by atoms with Crippen LogP contribution in [0.25, 0.3) is 0 Å². The molecule has 0 amide bonds. The minimum atomic E-state index is -1.80. The molecule has 3 rings (SSSR count). The Balaban J connectivity index is 2.17. The first kappa shape index (κ1) is 45.4. The molecule has 0 spiro atoms. The van der Waals surface area contributed by atoms with Crippen molar-refractivity contribution in [2.75, 3.05) is 34.8 Å². The van der Waals surface area contributed by atoms with Crippen molar-refractivity contribution < 1.29 is 58.7 Å². The zero-order valence-electron chi connectivity index (χ0n) is 34.2. The van der Waals surface area contributed by atoms with Gasteiger partial charge in [-0.15, -0.1) is 0 Å². The number of esters is 1. The molecule has 0 saturated carbocycles. The molecule has 18 atom stereocenters. The summed E-state index contributed by atoms with van der Waals surface area (Å²) in [6.45, 7) is 18.0. The molecule has 52 heavy (non-hydrogen) atoms. The summed E-state index contributed by atoms with van der Waals surface area (Å²) in [6, 6.07) is -0.808. The van der Waals surface area contributed by atoms with Crippen molar-refractivity contribution in [3.8, 4) is 0 Å². The third-order valence-corrected chi connectivity index (χ3v) is 12.2. The van der Waals surface area contributed by atoms with Crippen molar-refractivity contribution in [3.05, 3.63) is 0 Å². The minimum absolute atomic E-state index is 0.133. The highest BCUT2D eigenvalue weighted by atomic mass is 16.7. The first-order chi connectivity index (χ1) is 23.9. The fourth-order valence-electron chi connectivity index (χ4n) is 8.74. The molecule has 3 aliphatic rings. The first-order valence-corrected chi connectivity index (χ1v) is 19.1. The van der Waals surface area contributed by atoms with Crippen LogP contribution >= 0.6 is 0 Å². The van der Waals surface area contributed by atoms with E-state index in [2.05, 4.69) is 0 Å². The van der Waals surface area contributed by atoms with Gasteiger partial charge >= 0.3 is 5.97 Å². The van der Waals surface area contributed by atoms with E-state index in [1.54, 1.807) is 41.5 Å². The predicted molar refractivity (Wildman–Crippen MR) is 194 cm³/mol. The minimum Gasteiger partial charge on any atom is -0.459 e. The molecule has 3 fully saturated rings. The Hall–Kier alpha value is -1.01. The maximum Gasteiger partial charge on any atom is 0.311 e. The van der Waals surface area contributed by atoms with Crippen molar-refractivity contribution in [2.24, 2.45) is 17.8 Å². The van der Waals surface area contributed by atoms with Crippen LogP contribution in [-0.2, 0) is 33.2 Å². The number of hydrogen-bond donors (Lipinski definition) is 5. The summed E-state index contributed by atoms with van der Waals surface area (Å²) in [5.41, 5.74) is -4.37. The van der Waals surface area contributed by atoms with Crippen LogP contribution in [0.3, 0.4) is 0 Å². The molecule has 0 aromatic rings. The number of cyclic esters (lactones) is 1. The van der Waals surface area contributed by atoms with Crippen LogP contribution in [0.5, 0.6) is 0 Å². The highest BCUT2D eigenvalue weighted by molar-refractivity contribution is 5.73. The topological polar surface area (TPSA) is 180 Å². The monoisotopic (exact) mass is 749 g/mol. The normalized spacial score (nSPS) is 49.6. The lowest BCUT2D eigenvalue weighted by Gasteiger charge is -2.48. The van der Waals surface area contributed by atoms with E-state index in [0.717, 1.165) is 0 Å². The lowest BCUT2D eigenvalue weighted by Crippen LogP contribution is -2.60. The lowest BCUT2D eigenvalue weighted by atomic mass is 9.77. The highest BCUT2D eigenvalue weighted by Gasteiger charge is 2.52. The molecule has 3 heterocycles. The van der Waals surface area contributed by atoms with Gasteiger partial charge in [-0.05, 0) is 94.8 Å². The number of likely N-dealkylation sites (N-methyl/N-ethyl adjacent to an activating group) is 2. The van der Waals surface area contributed by atoms with Crippen molar-refractivity contribution in [1.29, 1.82) is 0 Å². The summed E-state index contributed by atoms with van der Waals surface area (Å²) in [5, 5.41) is 58.1. The summed E-state index contributed by atoms with van der Waals surface area (Å²) in [7, 11) is 7.12. The zero-order valence-corrected chi connectivity index (χ0v) is 34.2. The van der Waals surface area contributed by atoms with E-state index in [4.69, 9.17) is 28.4 Å². The Bertz CT molecular complexity index is 1140. The van der Waals surface area contributed by atoms with E-state index in [-0.39, 0.29) is 37.3 Å². The van der Waals surface area contributed by atoms with E-state index in [1.165, 1.54) is 14.0 Å². The maximum atomic E-state index is 14.2. The molecule has 0 radical (unpaired) electrons. The number of nitrogens with zero attached hydrogens (tertiary/aromatic N) is 2. The summed E-state index contributed by atoms with van der Waals surface area (Å²) in [6.07, 6.45) is -8.19. The predicted octanol–water partition coefficient (Wildman–Crippen LogP) is 1.90. The van der Waals surface area contributed by atoms with Gasteiger partial charge in [-0.3, -0.25) is 4.79 Å². The molecule has 14 heteroatoms. The smallest absolute Gasteiger partial charge is 0.311 e. The van der Waals surface area contributed by atoms with Gasteiger partial charge in [0.15, 0.2) is 12.6 Å². The van der Waals surface area contributed by atoms with Crippen molar-refractivity contribution >= 4 is 5.97 Å². The Kier molecular flexibility index (Phi) is 15.6. The van der Waals surface area contributed by atoms with Crippen LogP contribution in [0.2, 0.25) is 0 Å². The number of carbonyl (C=O) groups excluding carboxylic acids is 1. The second-order valence-electron chi connectivity index (χ2n) is 17.2. The van der Waals surface area contributed by atoms with Crippen LogP contribution in [0.15, 0.2) is 0 Å². The van der Waals surface area contributed by atoms with Crippen molar-refractivity contribution in [1.82, 2.24) is 9.80 Å². The molecule has 0 bridgehead atoms. The molecule has 9 unspecified atom stereocenters. The number of aliphatic hydroxyl groups excluding tert-OH is 3. The van der Waals surface area contributed by atoms with Gasteiger partial charge in [0.2, 0.25) is 0 Å². The van der Waals surface area contributed by atoms with Crippen LogP contribution < -0.4 is 0 Å². The van der Waals surface area contributed by atoms with E-state index in [9.17, 15) is 30.3 Å². The Labute approximate surface area is 312 Å². The third-order valence-electron chi connectivity index (χ3n) is 12.2. The van der Waals surface area contributed by atoms with Gasteiger partial charge in [0, 0.05) is 38.1 Å². The number of ether oxygens (including phenoxy) is 6. The van der Waals surface area contributed by atoms with Gasteiger partial charge in [0.25, 0.3) is 0 Å². The number of methoxy groups -OCH3 is 1. The third kappa shape index (κ3) is 10.0. The van der Waals surface area contributed by atoms with Crippen LogP contribution in [0, 0.1) is 17.8 Å². The summed E-state index contributed by atoms with van der Waals surface area (Å²) >= 11 is 0. The summed E-state index contributed by atoms with van der Waals surface area (Å²) in [4.78, 5) is 18.0. The van der Waals surface area contributed by atoms with Crippen molar-refractivity contribution in [2.45, 2.75) is 185 Å². The summed E-state index contributed by atoms with van der Waals surface area (Å²) in [5.74, 6) is -2.58. The largest absolute Gasteiger partial charge is 0.459 e. The van der Waals surface area contributed by atoms with Gasteiger partial charge < -0.3 is 63.8 Å². The van der Waals surface area contributed by atoms with Gasteiger partial charge in [0.05, 0.1) is 41.5 Å². The molecule has 0 aromatic carbocycles. The Morgan fingerprint density at radius 2 is 1.56 bits per heavy atom. The Morgan fingerprint density at radius 1 is 0.942 bits per heavy atom. The molecule has 0 aliphatic carbocycles. The Morgan fingerprint density at radius 3 is 2.12 bits per heavy atom. The van der Waals surface area contributed by atoms with Crippen LogP contribution in [-0.4, -0.2) is 166 Å². The quantitative estimate of drug-likeness (QED) is 0.238. The fraction of sp³-hybridized carbons (Fsp3) is 0.974. The maximum absolute atomic E-state index is 14.2. The van der Waals surface area contributed by atoms with Crippen LogP contribution in [0.1, 0.15) is 94.9 Å².